The molecule has 0 unspecified atom stereocenters. The van der Waals surface area contributed by atoms with E-state index >= 15 is 0 Å². The highest BCUT2D eigenvalue weighted by Gasteiger charge is 2.23. The van der Waals surface area contributed by atoms with E-state index in [2.05, 4.69) is 25.2 Å². The zero-order valence-corrected chi connectivity index (χ0v) is 15.3. The standard InChI is InChI=1S/C18H24FN7O/c1-25(12-17-21-8-6-15(20)23-17)14-3-2-9-26(10-7-14)18(27)24-16-5-4-13(19)11-22-16/h4-6,8,11,14H,2-3,7,9-10,12H2,1H3,(H2,20,21,23)(H,22,24,27)/t14-/m0/s1. The van der Waals surface area contributed by atoms with Gasteiger partial charge in [-0.25, -0.2) is 24.1 Å². The number of nitrogens with one attached hydrogen (secondary N) is 1. The van der Waals surface area contributed by atoms with Crippen LogP contribution in [0.15, 0.2) is 30.6 Å². The van der Waals surface area contributed by atoms with Crippen LogP contribution in [0.25, 0.3) is 0 Å². The zero-order chi connectivity index (χ0) is 19.2. The van der Waals surface area contributed by atoms with Gasteiger partial charge in [-0.05, 0) is 44.5 Å². The van der Waals surface area contributed by atoms with E-state index in [1.54, 1.807) is 17.2 Å². The number of amides is 2. The Labute approximate surface area is 157 Å². The number of pyridine rings is 1. The third kappa shape index (κ3) is 5.33. The molecule has 144 valence electrons. The molecule has 0 saturated carbocycles. The van der Waals surface area contributed by atoms with E-state index in [-0.39, 0.29) is 6.03 Å². The van der Waals surface area contributed by atoms with Crippen molar-refractivity contribution in [2.24, 2.45) is 0 Å². The fraction of sp³-hybridized carbons (Fsp3) is 0.444. The van der Waals surface area contributed by atoms with Crippen LogP contribution < -0.4 is 11.1 Å². The van der Waals surface area contributed by atoms with Crippen LogP contribution in [0.4, 0.5) is 20.8 Å². The van der Waals surface area contributed by atoms with Gasteiger partial charge in [0.25, 0.3) is 0 Å². The number of hydrogen-bond donors (Lipinski definition) is 2. The summed E-state index contributed by atoms with van der Waals surface area (Å²) in [5, 5.41) is 2.72. The van der Waals surface area contributed by atoms with Crippen molar-refractivity contribution in [3.63, 3.8) is 0 Å². The Hall–Kier alpha value is -2.81. The average molecular weight is 373 g/mol. The Balaban J connectivity index is 1.53. The predicted molar refractivity (Wildman–Crippen MR) is 100 cm³/mol. The van der Waals surface area contributed by atoms with Gasteiger partial charge in [0, 0.05) is 25.3 Å². The number of nitrogen functional groups attached to an aromatic ring is 1. The van der Waals surface area contributed by atoms with Crippen LogP contribution in [0, 0.1) is 5.82 Å². The molecule has 27 heavy (non-hydrogen) atoms. The second-order valence-electron chi connectivity index (χ2n) is 6.68. The van der Waals surface area contributed by atoms with Gasteiger partial charge in [-0.3, -0.25) is 10.2 Å². The molecule has 1 aliphatic rings. The summed E-state index contributed by atoms with van der Waals surface area (Å²) in [5.74, 6) is 1.07. The lowest BCUT2D eigenvalue weighted by molar-refractivity contribution is 0.199. The number of urea groups is 1. The smallest absolute Gasteiger partial charge is 0.323 e. The number of carbonyl (C=O) groups excluding carboxylic acids is 1. The van der Waals surface area contributed by atoms with E-state index < -0.39 is 5.82 Å². The summed E-state index contributed by atoms with van der Waals surface area (Å²) >= 11 is 0. The van der Waals surface area contributed by atoms with Crippen molar-refractivity contribution in [1.29, 1.82) is 0 Å². The summed E-state index contributed by atoms with van der Waals surface area (Å²) in [5.41, 5.74) is 5.71. The van der Waals surface area contributed by atoms with Gasteiger partial charge in [-0.2, -0.15) is 0 Å². The molecule has 1 atom stereocenters. The number of halogens is 1. The third-order valence-corrected chi connectivity index (χ3v) is 4.69. The third-order valence-electron chi connectivity index (χ3n) is 4.69. The molecule has 0 spiro atoms. The van der Waals surface area contributed by atoms with Crippen molar-refractivity contribution < 1.29 is 9.18 Å². The van der Waals surface area contributed by atoms with Gasteiger partial charge in [0.2, 0.25) is 0 Å². The molecular weight excluding hydrogens is 349 g/mol. The SMILES string of the molecule is CN(Cc1nccc(N)n1)[C@H]1CCCN(C(=O)Nc2ccc(F)cn2)CC1. The monoisotopic (exact) mass is 373 g/mol. The highest BCUT2D eigenvalue weighted by molar-refractivity contribution is 5.88. The lowest BCUT2D eigenvalue weighted by Gasteiger charge is -2.26. The van der Waals surface area contributed by atoms with Crippen molar-refractivity contribution >= 4 is 17.7 Å². The largest absolute Gasteiger partial charge is 0.384 e. The fourth-order valence-corrected chi connectivity index (χ4v) is 3.20. The van der Waals surface area contributed by atoms with Gasteiger partial charge < -0.3 is 10.6 Å². The minimum Gasteiger partial charge on any atom is -0.384 e. The Kier molecular flexibility index (Phi) is 6.12. The quantitative estimate of drug-likeness (QED) is 0.851. The molecule has 8 nitrogen and oxygen atoms in total. The summed E-state index contributed by atoms with van der Waals surface area (Å²) in [4.78, 5) is 28.8. The van der Waals surface area contributed by atoms with Crippen LogP contribution >= 0.6 is 0 Å². The maximum Gasteiger partial charge on any atom is 0.323 e. The highest BCUT2D eigenvalue weighted by Crippen LogP contribution is 2.18. The highest BCUT2D eigenvalue weighted by atomic mass is 19.1. The normalized spacial score (nSPS) is 17.6. The van der Waals surface area contributed by atoms with E-state index in [0.717, 1.165) is 25.5 Å². The molecule has 1 fully saturated rings. The molecule has 2 amide bonds. The van der Waals surface area contributed by atoms with Crippen molar-refractivity contribution in [3.05, 3.63) is 42.2 Å². The number of hydrogen-bond acceptors (Lipinski definition) is 6. The summed E-state index contributed by atoms with van der Waals surface area (Å²) in [6.07, 6.45) is 5.48. The molecule has 3 N–H and O–H groups in total. The van der Waals surface area contributed by atoms with Crippen LogP contribution in [-0.2, 0) is 6.54 Å². The maximum atomic E-state index is 12.9. The number of anilines is 2. The summed E-state index contributed by atoms with van der Waals surface area (Å²) in [7, 11) is 2.04. The topological polar surface area (TPSA) is 100 Å². The Morgan fingerprint density at radius 3 is 2.93 bits per heavy atom. The van der Waals surface area contributed by atoms with Gasteiger partial charge >= 0.3 is 6.03 Å². The number of nitrogens with two attached hydrogens (primary N) is 1. The first kappa shape index (κ1) is 19.0. The van der Waals surface area contributed by atoms with E-state index in [1.807, 2.05) is 7.05 Å². The van der Waals surface area contributed by atoms with Crippen LogP contribution in [0.5, 0.6) is 0 Å². The summed E-state index contributed by atoms with van der Waals surface area (Å²) < 4.78 is 12.9. The number of likely N-dealkylation sites (tertiary alicyclic amines) is 1. The predicted octanol–water partition coefficient (Wildman–Crippen LogP) is 2.11. The first-order chi connectivity index (χ1) is 13.0. The lowest BCUT2D eigenvalue weighted by atomic mass is 10.1. The second kappa shape index (κ2) is 8.72. The molecule has 3 rings (SSSR count). The van der Waals surface area contributed by atoms with Crippen LogP contribution in [-0.4, -0.2) is 57.0 Å². The Bertz CT molecular complexity index is 771. The van der Waals surface area contributed by atoms with E-state index in [9.17, 15) is 9.18 Å². The molecule has 0 aliphatic carbocycles. The summed E-state index contributed by atoms with van der Waals surface area (Å²) in [6.45, 7) is 1.92. The van der Waals surface area contributed by atoms with E-state index in [4.69, 9.17) is 5.73 Å². The molecule has 0 bridgehead atoms. The maximum absolute atomic E-state index is 12.9. The minimum absolute atomic E-state index is 0.212. The molecule has 9 heteroatoms. The Morgan fingerprint density at radius 2 is 2.19 bits per heavy atom. The number of aromatic nitrogens is 3. The molecule has 1 saturated heterocycles. The molecule has 3 heterocycles. The van der Waals surface area contributed by atoms with Crippen molar-refractivity contribution in [1.82, 2.24) is 24.8 Å². The van der Waals surface area contributed by atoms with Crippen LogP contribution in [0.2, 0.25) is 0 Å². The Morgan fingerprint density at radius 1 is 1.33 bits per heavy atom. The van der Waals surface area contributed by atoms with Gasteiger partial charge in [-0.15, -0.1) is 0 Å². The summed E-state index contributed by atoms with van der Waals surface area (Å²) in [6, 6.07) is 4.51. The molecule has 1 aliphatic heterocycles. The number of rotatable bonds is 4. The molecule has 0 radical (unpaired) electrons. The van der Waals surface area contributed by atoms with Crippen molar-refractivity contribution in [2.75, 3.05) is 31.2 Å². The number of carbonyl (C=O) groups is 1. The van der Waals surface area contributed by atoms with Crippen LogP contribution in [0.1, 0.15) is 25.1 Å². The minimum atomic E-state index is -0.433. The average Bonchev–Trinajstić information content (AvgIpc) is 2.90. The van der Waals surface area contributed by atoms with Crippen molar-refractivity contribution in [2.45, 2.75) is 31.8 Å². The first-order valence-electron chi connectivity index (χ1n) is 8.96. The van der Waals surface area contributed by atoms with Gasteiger partial charge in [-0.1, -0.05) is 0 Å². The van der Waals surface area contributed by atoms with Crippen molar-refractivity contribution in [3.8, 4) is 0 Å². The first-order valence-corrected chi connectivity index (χ1v) is 8.96. The second-order valence-corrected chi connectivity index (χ2v) is 6.68. The molecule has 0 aromatic carbocycles. The van der Waals surface area contributed by atoms with Gasteiger partial charge in [0.05, 0.1) is 12.7 Å². The van der Waals surface area contributed by atoms with E-state index in [0.29, 0.717) is 43.1 Å². The fourth-order valence-electron chi connectivity index (χ4n) is 3.20. The lowest BCUT2D eigenvalue weighted by Crippen LogP contribution is -2.37. The zero-order valence-electron chi connectivity index (χ0n) is 15.3. The van der Waals surface area contributed by atoms with Crippen LogP contribution in [0.3, 0.4) is 0 Å². The van der Waals surface area contributed by atoms with Gasteiger partial charge in [0.15, 0.2) is 0 Å². The van der Waals surface area contributed by atoms with E-state index in [1.165, 1.54) is 12.1 Å². The molecular formula is C18H24FN7O. The molecule has 2 aromatic rings. The number of nitrogens with zero attached hydrogens (tertiary/aromatic N) is 5. The molecule has 2 aromatic heterocycles. The van der Waals surface area contributed by atoms with Gasteiger partial charge in [0.1, 0.15) is 23.3 Å².